The maximum atomic E-state index is 5.90. The molecule has 1 aromatic heterocycles. The van der Waals surface area contributed by atoms with E-state index in [4.69, 9.17) is 9.15 Å². The van der Waals surface area contributed by atoms with Crippen LogP contribution in [0.5, 0.6) is 0 Å². The van der Waals surface area contributed by atoms with E-state index in [1.807, 2.05) is 12.1 Å². The van der Waals surface area contributed by atoms with Gasteiger partial charge >= 0.3 is 0 Å². The molecular weight excluding hydrogens is 282 g/mol. The lowest BCUT2D eigenvalue weighted by Crippen LogP contribution is -2.12. The van der Waals surface area contributed by atoms with Gasteiger partial charge < -0.3 is 14.5 Å². The number of ether oxygens (including phenoxy) is 1. The molecule has 1 heterocycles. The summed E-state index contributed by atoms with van der Waals surface area (Å²) < 4.78 is 12.1. The van der Waals surface area contributed by atoms with Gasteiger partial charge in [-0.2, -0.15) is 0 Å². The van der Waals surface area contributed by atoms with E-state index in [0.29, 0.717) is 6.61 Å². The first-order valence-electron chi connectivity index (χ1n) is 5.66. The Labute approximate surface area is 109 Å². The molecule has 2 aromatic rings. The van der Waals surface area contributed by atoms with E-state index in [2.05, 4.69) is 34.2 Å². The van der Waals surface area contributed by atoms with Gasteiger partial charge in [0.2, 0.25) is 0 Å². The van der Waals surface area contributed by atoms with E-state index in [1.165, 1.54) is 0 Å². The summed E-state index contributed by atoms with van der Waals surface area (Å²) in [5, 5.41) is 4.40. The molecule has 0 fully saturated rings. The summed E-state index contributed by atoms with van der Waals surface area (Å²) in [6, 6.07) is 6.06. The number of fused-ring (bicyclic) bond motifs is 1. The Morgan fingerprint density at radius 1 is 1.41 bits per heavy atom. The Kier molecular flexibility index (Phi) is 4.20. The van der Waals surface area contributed by atoms with Crippen molar-refractivity contribution in [1.29, 1.82) is 0 Å². The van der Waals surface area contributed by atoms with Crippen LogP contribution in [0.3, 0.4) is 0 Å². The highest BCUT2D eigenvalue weighted by Crippen LogP contribution is 2.31. The van der Waals surface area contributed by atoms with Crippen LogP contribution in [0.25, 0.3) is 11.0 Å². The third kappa shape index (κ3) is 2.54. The molecule has 17 heavy (non-hydrogen) atoms. The van der Waals surface area contributed by atoms with Gasteiger partial charge in [0.15, 0.2) is 0 Å². The molecule has 2 rings (SSSR count). The fourth-order valence-corrected chi connectivity index (χ4v) is 2.32. The molecule has 92 valence electrons. The number of halogens is 1. The predicted octanol–water partition coefficient (Wildman–Crippen LogP) is 3.45. The zero-order valence-electron chi connectivity index (χ0n) is 10.0. The van der Waals surface area contributed by atoms with Crippen LogP contribution in [0.1, 0.15) is 18.2 Å². The second kappa shape index (κ2) is 5.67. The van der Waals surface area contributed by atoms with Crippen molar-refractivity contribution in [2.24, 2.45) is 0 Å². The molecule has 4 heteroatoms. The molecule has 0 radical (unpaired) electrons. The maximum Gasteiger partial charge on any atom is 0.148 e. The van der Waals surface area contributed by atoms with Crippen molar-refractivity contribution in [2.75, 3.05) is 13.7 Å². The predicted molar refractivity (Wildman–Crippen MR) is 72.0 cm³/mol. The van der Waals surface area contributed by atoms with Crippen LogP contribution in [-0.4, -0.2) is 13.7 Å². The summed E-state index contributed by atoms with van der Waals surface area (Å²) in [5.41, 5.74) is 2.03. The lowest BCUT2D eigenvalue weighted by Gasteiger charge is -2.02. The molecule has 0 aliphatic heterocycles. The maximum absolute atomic E-state index is 5.90. The van der Waals surface area contributed by atoms with Crippen LogP contribution in [0, 0.1) is 0 Å². The zero-order valence-corrected chi connectivity index (χ0v) is 11.6. The highest BCUT2D eigenvalue weighted by Gasteiger charge is 2.15. The Morgan fingerprint density at radius 3 is 2.94 bits per heavy atom. The van der Waals surface area contributed by atoms with Crippen molar-refractivity contribution in [3.8, 4) is 0 Å². The third-order valence-electron chi connectivity index (χ3n) is 2.68. The van der Waals surface area contributed by atoms with Crippen molar-refractivity contribution in [3.05, 3.63) is 34.0 Å². The highest BCUT2D eigenvalue weighted by atomic mass is 79.9. The summed E-state index contributed by atoms with van der Waals surface area (Å²) in [5.74, 6) is 0.954. The molecule has 0 atom stereocenters. The number of rotatable bonds is 5. The minimum absolute atomic E-state index is 0.574. The molecule has 0 bridgehead atoms. The summed E-state index contributed by atoms with van der Waals surface area (Å²) in [4.78, 5) is 0. The van der Waals surface area contributed by atoms with E-state index >= 15 is 0 Å². The van der Waals surface area contributed by atoms with Gasteiger partial charge in [-0.3, -0.25) is 0 Å². The zero-order chi connectivity index (χ0) is 12.3. The van der Waals surface area contributed by atoms with Crippen molar-refractivity contribution >= 4 is 26.9 Å². The smallest absolute Gasteiger partial charge is 0.148 e. The van der Waals surface area contributed by atoms with Gasteiger partial charge in [0.25, 0.3) is 0 Å². The monoisotopic (exact) mass is 297 g/mol. The van der Waals surface area contributed by atoms with Crippen LogP contribution in [0.2, 0.25) is 0 Å². The van der Waals surface area contributed by atoms with Gasteiger partial charge in [-0.15, -0.1) is 0 Å². The fraction of sp³-hybridized carbons (Fsp3) is 0.385. The lowest BCUT2D eigenvalue weighted by atomic mass is 10.1. The standard InChI is InChI=1S/C13H16BrNO2/c1-3-15-7-12-10(8-16-2)9-5-4-6-11(14)13(9)17-12/h4-6,15H,3,7-8H2,1-2H3. The Bertz CT molecular complexity index is 507. The van der Waals surface area contributed by atoms with Crippen LogP contribution in [0.15, 0.2) is 27.1 Å². The Hall–Kier alpha value is -0.840. The molecule has 1 aromatic carbocycles. The summed E-state index contributed by atoms with van der Waals surface area (Å²) in [6.07, 6.45) is 0. The van der Waals surface area contributed by atoms with Crippen LogP contribution in [0.4, 0.5) is 0 Å². The molecule has 0 aliphatic carbocycles. The second-order valence-electron chi connectivity index (χ2n) is 3.83. The first kappa shape index (κ1) is 12.6. The van der Waals surface area contributed by atoms with Crippen LogP contribution < -0.4 is 5.32 Å². The van der Waals surface area contributed by atoms with Gasteiger partial charge in [-0.1, -0.05) is 19.1 Å². The number of furan rings is 1. The molecule has 0 saturated heterocycles. The molecule has 0 saturated carbocycles. The van der Waals surface area contributed by atoms with Gasteiger partial charge in [-0.05, 0) is 28.5 Å². The fourth-order valence-electron chi connectivity index (χ4n) is 1.87. The first-order chi connectivity index (χ1) is 8.27. The van der Waals surface area contributed by atoms with Crippen molar-refractivity contribution in [2.45, 2.75) is 20.1 Å². The molecule has 3 nitrogen and oxygen atoms in total. The van der Waals surface area contributed by atoms with Gasteiger partial charge in [-0.25, -0.2) is 0 Å². The molecule has 0 amide bonds. The third-order valence-corrected chi connectivity index (χ3v) is 3.30. The molecule has 0 unspecified atom stereocenters. The lowest BCUT2D eigenvalue weighted by molar-refractivity contribution is 0.183. The molecule has 0 aliphatic rings. The SMILES string of the molecule is CCNCc1oc2c(Br)cccc2c1COC. The molecular formula is C13H16BrNO2. The van der Waals surface area contributed by atoms with Gasteiger partial charge in [0, 0.05) is 18.1 Å². The van der Waals surface area contributed by atoms with Crippen molar-refractivity contribution in [1.82, 2.24) is 5.32 Å². The normalized spacial score (nSPS) is 11.2. The topological polar surface area (TPSA) is 34.4 Å². The van der Waals surface area contributed by atoms with E-state index in [9.17, 15) is 0 Å². The second-order valence-corrected chi connectivity index (χ2v) is 4.69. The number of methoxy groups -OCH3 is 1. The van der Waals surface area contributed by atoms with Crippen molar-refractivity contribution in [3.63, 3.8) is 0 Å². The van der Waals surface area contributed by atoms with Crippen LogP contribution >= 0.6 is 15.9 Å². The number of benzene rings is 1. The number of para-hydroxylation sites is 1. The Morgan fingerprint density at radius 2 is 2.24 bits per heavy atom. The number of hydrogen-bond donors (Lipinski definition) is 1. The van der Waals surface area contributed by atoms with E-state index in [1.54, 1.807) is 7.11 Å². The van der Waals surface area contributed by atoms with Crippen LogP contribution in [-0.2, 0) is 17.9 Å². The average Bonchev–Trinajstić information content (AvgIpc) is 2.67. The summed E-state index contributed by atoms with van der Waals surface area (Å²) in [6.45, 7) is 4.31. The van der Waals surface area contributed by atoms with E-state index in [0.717, 1.165) is 39.9 Å². The Balaban J connectivity index is 2.49. The number of hydrogen-bond acceptors (Lipinski definition) is 3. The van der Waals surface area contributed by atoms with E-state index in [-0.39, 0.29) is 0 Å². The van der Waals surface area contributed by atoms with E-state index < -0.39 is 0 Å². The highest BCUT2D eigenvalue weighted by molar-refractivity contribution is 9.10. The minimum Gasteiger partial charge on any atom is -0.458 e. The average molecular weight is 298 g/mol. The van der Waals surface area contributed by atoms with Gasteiger partial charge in [0.1, 0.15) is 11.3 Å². The quantitative estimate of drug-likeness (QED) is 0.918. The number of nitrogens with one attached hydrogen (secondary N) is 1. The van der Waals surface area contributed by atoms with Gasteiger partial charge in [0.05, 0.1) is 17.6 Å². The summed E-state index contributed by atoms with van der Waals surface area (Å²) >= 11 is 3.51. The minimum atomic E-state index is 0.574. The van der Waals surface area contributed by atoms with Crippen molar-refractivity contribution < 1.29 is 9.15 Å². The molecule has 0 spiro atoms. The first-order valence-corrected chi connectivity index (χ1v) is 6.45. The summed E-state index contributed by atoms with van der Waals surface area (Å²) in [7, 11) is 1.70. The largest absolute Gasteiger partial charge is 0.458 e. The molecule has 1 N–H and O–H groups in total.